The molecule has 19 heavy (non-hydrogen) atoms. The molecule has 2 rings (SSSR count). The summed E-state index contributed by atoms with van der Waals surface area (Å²) in [5.41, 5.74) is 7.11. The molecule has 0 aliphatic carbocycles. The molecule has 5 heteroatoms. The van der Waals surface area contributed by atoms with Gasteiger partial charge in [0.05, 0.1) is 0 Å². The number of anilines is 1. The fourth-order valence-corrected chi connectivity index (χ4v) is 2.49. The van der Waals surface area contributed by atoms with E-state index in [-0.39, 0.29) is 5.82 Å². The van der Waals surface area contributed by atoms with Gasteiger partial charge in [0.15, 0.2) is 0 Å². The molecule has 0 unspecified atom stereocenters. The summed E-state index contributed by atoms with van der Waals surface area (Å²) >= 11 is 3.35. The Morgan fingerprint density at radius 1 is 1.37 bits per heavy atom. The van der Waals surface area contributed by atoms with Crippen molar-refractivity contribution in [1.82, 2.24) is 9.55 Å². The fourth-order valence-electron chi connectivity index (χ4n) is 2.13. The van der Waals surface area contributed by atoms with Crippen LogP contribution in [-0.2, 0) is 13.0 Å². The van der Waals surface area contributed by atoms with Crippen LogP contribution >= 0.6 is 15.9 Å². The van der Waals surface area contributed by atoms with Crippen molar-refractivity contribution in [2.75, 3.05) is 5.73 Å². The van der Waals surface area contributed by atoms with E-state index in [0.717, 1.165) is 29.7 Å². The summed E-state index contributed by atoms with van der Waals surface area (Å²) in [6.07, 6.45) is 1.74. The number of rotatable bonds is 4. The molecule has 0 aliphatic rings. The number of aryl methyl sites for hydroxylation is 1. The van der Waals surface area contributed by atoms with Crippen LogP contribution in [0.4, 0.5) is 10.2 Å². The topological polar surface area (TPSA) is 43.8 Å². The molecular formula is C14H17BrFN3. The maximum absolute atomic E-state index is 13.9. The van der Waals surface area contributed by atoms with Crippen molar-refractivity contribution in [3.05, 3.63) is 34.3 Å². The summed E-state index contributed by atoms with van der Waals surface area (Å²) in [5, 5.41) is 0. The molecule has 0 saturated carbocycles. The Labute approximate surface area is 120 Å². The standard InChI is InChI=1S/C14H17BrFN3/c1-3-7-19-12(4-2)18-13(14(19)17)10-8-9(15)5-6-11(10)16/h5-6,8H,3-4,7,17H2,1-2H3. The Morgan fingerprint density at radius 3 is 2.74 bits per heavy atom. The largest absolute Gasteiger partial charge is 0.383 e. The average molecular weight is 326 g/mol. The molecule has 0 amide bonds. The van der Waals surface area contributed by atoms with Gasteiger partial charge in [-0.2, -0.15) is 0 Å². The number of halogens is 2. The first-order valence-corrected chi connectivity index (χ1v) is 7.18. The molecule has 1 aromatic carbocycles. The zero-order chi connectivity index (χ0) is 14.0. The van der Waals surface area contributed by atoms with Crippen molar-refractivity contribution >= 4 is 21.7 Å². The third kappa shape index (κ3) is 2.66. The zero-order valence-corrected chi connectivity index (χ0v) is 12.7. The molecule has 2 N–H and O–H groups in total. The molecule has 2 aromatic rings. The van der Waals surface area contributed by atoms with Gasteiger partial charge in [-0.1, -0.05) is 29.8 Å². The summed E-state index contributed by atoms with van der Waals surface area (Å²) in [6, 6.07) is 4.80. The summed E-state index contributed by atoms with van der Waals surface area (Å²) in [6.45, 7) is 4.91. The maximum atomic E-state index is 13.9. The van der Waals surface area contributed by atoms with E-state index in [0.29, 0.717) is 17.1 Å². The Bertz CT molecular complexity index is 593. The van der Waals surface area contributed by atoms with Gasteiger partial charge in [0.2, 0.25) is 0 Å². The van der Waals surface area contributed by atoms with Gasteiger partial charge in [0.25, 0.3) is 0 Å². The van der Waals surface area contributed by atoms with Crippen molar-refractivity contribution < 1.29 is 4.39 Å². The van der Waals surface area contributed by atoms with E-state index in [4.69, 9.17) is 5.73 Å². The first kappa shape index (κ1) is 14.1. The second-order valence-electron chi connectivity index (χ2n) is 4.39. The highest BCUT2D eigenvalue weighted by atomic mass is 79.9. The van der Waals surface area contributed by atoms with Gasteiger partial charge in [-0.15, -0.1) is 0 Å². The second kappa shape index (κ2) is 5.74. The molecule has 3 nitrogen and oxygen atoms in total. The number of aromatic nitrogens is 2. The molecule has 0 bridgehead atoms. The van der Waals surface area contributed by atoms with Crippen molar-refractivity contribution in [3.63, 3.8) is 0 Å². The van der Waals surface area contributed by atoms with Gasteiger partial charge in [-0.05, 0) is 24.6 Å². The normalized spacial score (nSPS) is 10.9. The lowest BCUT2D eigenvalue weighted by atomic mass is 10.1. The predicted molar refractivity (Wildman–Crippen MR) is 79.4 cm³/mol. The van der Waals surface area contributed by atoms with E-state index in [9.17, 15) is 4.39 Å². The summed E-state index contributed by atoms with van der Waals surface area (Å²) in [4.78, 5) is 4.50. The Morgan fingerprint density at radius 2 is 2.11 bits per heavy atom. The fraction of sp³-hybridized carbons (Fsp3) is 0.357. The average Bonchev–Trinajstić information content (AvgIpc) is 2.70. The van der Waals surface area contributed by atoms with E-state index >= 15 is 0 Å². The summed E-state index contributed by atoms with van der Waals surface area (Å²) in [7, 11) is 0. The van der Waals surface area contributed by atoms with E-state index in [1.54, 1.807) is 12.1 Å². The van der Waals surface area contributed by atoms with Crippen LogP contribution in [0.3, 0.4) is 0 Å². The Kier molecular flexibility index (Phi) is 4.24. The van der Waals surface area contributed by atoms with E-state index in [1.165, 1.54) is 6.07 Å². The first-order chi connectivity index (χ1) is 9.08. The number of hydrogen-bond acceptors (Lipinski definition) is 2. The van der Waals surface area contributed by atoms with Crippen LogP contribution < -0.4 is 5.73 Å². The second-order valence-corrected chi connectivity index (χ2v) is 5.31. The quantitative estimate of drug-likeness (QED) is 0.923. The van der Waals surface area contributed by atoms with Gasteiger partial charge in [0.1, 0.15) is 23.2 Å². The third-order valence-electron chi connectivity index (χ3n) is 3.03. The number of nitrogens with two attached hydrogens (primary N) is 1. The minimum atomic E-state index is -0.307. The highest BCUT2D eigenvalue weighted by Crippen LogP contribution is 2.31. The van der Waals surface area contributed by atoms with Crippen LogP contribution in [0.2, 0.25) is 0 Å². The first-order valence-electron chi connectivity index (χ1n) is 6.38. The van der Waals surface area contributed by atoms with E-state index in [2.05, 4.69) is 27.8 Å². The van der Waals surface area contributed by atoms with Crippen molar-refractivity contribution in [2.24, 2.45) is 0 Å². The van der Waals surface area contributed by atoms with E-state index in [1.807, 2.05) is 11.5 Å². The molecule has 0 aliphatic heterocycles. The summed E-state index contributed by atoms with van der Waals surface area (Å²) < 4.78 is 16.7. The van der Waals surface area contributed by atoms with Crippen LogP contribution in [0.25, 0.3) is 11.3 Å². The molecule has 1 heterocycles. The highest BCUT2D eigenvalue weighted by Gasteiger charge is 2.17. The van der Waals surface area contributed by atoms with Gasteiger partial charge in [-0.25, -0.2) is 9.37 Å². The van der Waals surface area contributed by atoms with Crippen molar-refractivity contribution in [3.8, 4) is 11.3 Å². The van der Waals surface area contributed by atoms with Crippen LogP contribution in [0.5, 0.6) is 0 Å². The summed E-state index contributed by atoms with van der Waals surface area (Å²) in [5.74, 6) is 1.13. The number of benzene rings is 1. The van der Waals surface area contributed by atoms with Gasteiger partial charge in [0, 0.05) is 23.0 Å². The Hall–Kier alpha value is -1.36. The van der Waals surface area contributed by atoms with Crippen molar-refractivity contribution in [1.29, 1.82) is 0 Å². The van der Waals surface area contributed by atoms with Crippen LogP contribution in [0.15, 0.2) is 22.7 Å². The van der Waals surface area contributed by atoms with Gasteiger partial charge in [-0.3, -0.25) is 0 Å². The number of imidazole rings is 1. The monoisotopic (exact) mass is 325 g/mol. The lowest BCUT2D eigenvalue weighted by Crippen LogP contribution is -2.06. The lowest BCUT2D eigenvalue weighted by Gasteiger charge is -2.07. The molecule has 0 spiro atoms. The number of nitrogen functional groups attached to an aromatic ring is 1. The minimum Gasteiger partial charge on any atom is -0.383 e. The molecule has 0 fully saturated rings. The minimum absolute atomic E-state index is 0.307. The molecule has 0 atom stereocenters. The van der Waals surface area contributed by atoms with Gasteiger partial charge < -0.3 is 10.3 Å². The zero-order valence-electron chi connectivity index (χ0n) is 11.1. The lowest BCUT2D eigenvalue weighted by molar-refractivity contribution is 0.630. The highest BCUT2D eigenvalue weighted by molar-refractivity contribution is 9.10. The number of hydrogen-bond donors (Lipinski definition) is 1. The molecular weight excluding hydrogens is 309 g/mol. The van der Waals surface area contributed by atoms with Crippen LogP contribution in [-0.4, -0.2) is 9.55 Å². The third-order valence-corrected chi connectivity index (χ3v) is 3.53. The maximum Gasteiger partial charge on any atom is 0.132 e. The number of nitrogens with zero attached hydrogens (tertiary/aromatic N) is 2. The van der Waals surface area contributed by atoms with Crippen LogP contribution in [0, 0.1) is 5.82 Å². The molecule has 0 radical (unpaired) electrons. The van der Waals surface area contributed by atoms with Gasteiger partial charge >= 0.3 is 0 Å². The molecule has 102 valence electrons. The Balaban J connectivity index is 2.59. The van der Waals surface area contributed by atoms with E-state index < -0.39 is 0 Å². The predicted octanol–water partition coefficient (Wildman–Crippen LogP) is 4.01. The van der Waals surface area contributed by atoms with Crippen LogP contribution in [0.1, 0.15) is 26.1 Å². The molecule has 1 aromatic heterocycles. The van der Waals surface area contributed by atoms with Crippen molar-refractivity contribution in [2.45, 2.75) is 33.2 Å². The molecule has 0 saturated heterocycles. The smallest absolute Gasteiger partial charge is 0.132 e. The SMILES string of the molecule is CCCn1c(CC)nc(-c2cc(Br)ccc2F)c1N.